The Morgan fingerprint density at radius 1 is 1.17 bits per heavy atom. The second-order valence-electron chi connectivity index (χ2n) is 4.80. The summed E-state index contributed by atoms with van der Waals surface area (Å²) in [4.78, 5) is 3.37. The number of aryl methyl sites for hydroxylation is 2. The van der Waals surface area contributed by atoms with Crippen LogP contribution in [0.2, 0.25) is 0 Å². The molecule has 1 aromatic heterocycles. The first-order chi connectivity index (χ1) is 8.77. The molecule has 1 heterocycles. The van der Waals surface area contributed by atoms with Gasteiger partial charge in [-0.25, -0.2) is 0 Å². The molecule has 0 radical (unpaired) electrons. The number of unbranched alkanes of at least 4 members (excludes halogenated alkanes) is 3. The number of imidazole rings is 1. The minimum Gasteiger partial charge on any atom is -0.330 e. The molecule has 1 N–H and O–H groups in total. The van der Waals surface area contributed by atoms with Crippen molar-refractivity contribution < 1.29 is 0 Å². The summed E-state index contributed by atoms with van der Waals surface area (Å²) in [6, 6.07) is 6.52. The van der Waals surface area contributed by atoms with E-state index in [4.69, 9.17) is 12.2 Å². The molecule has 0 spiro atoms. The van der Waals surface area contributed by atoms with Crippen LogP contribution in [0.4, 0.5) is 0 Å². The van der Waals surface area contributed by atoms with Gasteiger partial charge in [-0.1, -0.05) is 38.3 Å². The summed E-state index contributed by atoms with van der Waals surface area (Å²) < 4.78 is 3.01. The largest absolute Gasteiger partial charge is 0.330 e. The molecule has 0 fully saturated rings. The number of nitrogens with one attached hydrogen (secondary N) is 1. The highest BCUT2D eigenvalue weighted by Crippen LogP contribution is 2.20. The highest BCUT2D eigenvalue weighted by molar-refractivity contribution is 7.71. The van der Waals surface area contributed by atoms with E-state index in [1.807, 2.05) is 0 Å². The van der Waals surface area contributed by atoms with Gasteiger partial charge in [-0.05, 0) is 43.6 Å². The van der Waals surface area contributed by atoms with Crippen LogP contribution in [0.25, 0.3) is 11.0 Å². The van der Waals surface area contributed by atoms with E-state index < -0.39 is 0 Å². The van der Waals surface area contributed by atoms with Crippen molar-refractivity contribution in [2.45, 2.75) is 52.5 Å². The minimum atomic E-state index is 0.841. The fraction of sp³-hybridized carbons (Fsp3) is 0.533. The Kier molecular flexibility index (Phi) is 4.59. The molecule has 0 saturated carbocycles. The van der Waals surface area contributed by atoms with Crippen molar-refractivity contribution in [1.82, 2.24) is 9.55 Å². The van der Waals surface area contributed by atoms with Gasteiger partial charge in [0, 0.05) is 6.54 Å². The zero-order valence-electron chi connectivity index (χ0n) is 11.3. The molecular weight excluding hydrogens is 240 g/mol. The minimum absolute atomic E-state index is 0.841. The zero-order chi connectivity index (χ0) is 13.0. The normalized spacial score (nSPS) is 11.2. The Morgan fingerprint density at radius 2 is 2.00 bits per heavy atom. The monoisotopic (exact) mass is 262 g/mol. The lowest BCUT2D eigenvalue weighted by Crippen LogP contribution is -1.93. The molecule has 0 amide bonds. The molecular formula is C15H22N2S. The zero-order valence-corrected chi connectivity index (χ0v) is 12.1. The number of H-pyrrole nitrogens is 1. The number of aromatic nitrogens is 2. The van der Waals surface area contributed by atoms with Crippen molar-refractivity contribution in [3.05, 3.63) is 28.5 Å². The van der Waals surface area contributed by atoms with Crippen molar-refractivity contribution >= 4 is 23.3 Å². The number of aromatic amines is 1. The van der Waals surface area contributed by atoms with Crippen LogP contribution in [0.3, 0.4) is 0 Å². The van der Waals surface area contributed by atoms with Gasteiger partial charge in [0.05, 0.1) is 11.0 Å². The van der Waals surface area contributed by atoms with Crippen LogP contribution < -0.4 is 0 Å². The van der Waals surface area contributed by atoms with E-state index >= 15 is 0 Å². The first-order valence-electron chi connectivity index (χ1n) is 6.98. The maximum Gasteiger partial charge on any atom is 0.178 e. The molecule has 3 heteroatoms. The number of nitrogens with zero attached hydrogens (tertiary/aromatic N) is 1. The standard InChI is InChI=1S/C15H22N2S/c1-3-5-6-7-9-12-10-8-11-13-14(12)16-15(18)17(13)4-2/h8,10-11H,3-7,9H2,1-2H3,(H,16,18). The Labute approximate surface area is 114 Å². The summed E-state index contributed by atoms with van der Waals surface area (Å²) in [7, 11) is 0. The Balaban J connectivity index is 2.26. The third-order valence-electron chi connectivity index (χ3n) is 3.51. The molecule has 0 atom stereocenters. The second-order valence-corrected chi connectivity index (χ2v) is 5.18. The topological polar surface area (TPSA) is 20.7 Å². The predicted molar refractivity (Wildman–Crippen MR) is 80.6 cm³/mol. The van der Waals surface area contributed by atoms with Gasteiger partial charge in [-0.2, -0.15) is 0 Å². The van der Waals surface area contributed by atoms with Gasteiger partial charge in [0.25, 0.3) is 0 Å². The summed E-state index contributed by atoms with van der Waals surface area (Å²) in [6.45, 7) is 5.31. The summed E-state index contributed by atoms with van der Waals surface area (Å²) in [5, 5.41) is 0. The molecule has 2 rings (SSSR count). The van der Waals surface area contributed by atoms with E-state index in [0.717, 1.165) is 17.7 Å². The fourth-order valence-corrected chi connectivity index (χ4v) is 2.83. The summed E-state index contributed by atoms with van der Waals surface area (Å²) in [5.41, 5.74) is 3.89. The molecule has 0 unspecified atom stereocenters. The first-order valence-corrected chi connectivity index (χ1v) is 7.39. The number of hydrogen-bond donors (Lipinski definition) is 1. The number of fused-ring (bicyclic) bond motifs is 1. The van der Waals surface area contributed by atoms with E-state index in [1.165, 1.54) is 42.3 Å². The predicted octanol–water partition coefficient (Wildman–Crippen LogP) is 4.84. The van der Waals surface area contributed by atoms with Crippen LogP contribution in [-0.4, -0.2) is 9.55 Å². The molecule has 0 bridgehead atoms. The molecule has 18 heavy (non-hydrogen) atoms. The maximum absolute atomic E-state index is 5.37. The third kappa shape index (κ3) is 2.66. The van der Waals surface area contributed by atoms with E-state index in [0.29, 0.717) is 0 Å². The lowest BCUT2D eigenvalue weighted by Gasteiger charge is -2.04. The van der Waals surface area contributed by atoms with Gasteiger partial charge in [0.1, 0.15) is 0 Å². The van der Waals surface area contributed by atoms with Crippen molar-refractivity contribution in [3.63, 3.8) is 0 Å². The summed E-state index contributed by atoms with van der Waals surface area (Å²) >= 11 is 5.37. The molecule has 2 aromatic rings. The van der Waals surface area contributed by atoms with Gasteiger partial charge in [0.15, 0.2) is 4.77 Å². The van der Waals surface area contributed by atoms with Gasteiger partial charge >= 0.3 is 0 Å². The highest BCUT2D eigenvalue weighted by Gasteiger charge is 2.06. The van der Waals surface area contributed by atoms with Crippen molar-refractivity contribution in [2.75, 3.05) is 0 Å². The second kappa shape index (κ2) is 6.19. The van der Waals surface area contributed by atoms with Crippen LogP contribution in [-0.2, 0) is 13.0 Å². The van der Waals surface area contributed by atoms with Crippen LogP contribution in [0.5, 0.6) is 0 Å². The highest BCUT2D eigenvalue weighted by atomic mass is 32.1. The van der Waals surface area contributed by atoms with Crippen molar-refractivity contribution in [3.8, 4) is 0 Å². The van der Waals surface area contributed by atoms with Crippen molar-refractivity contribution in [1.29, 1.82) is 0 Å². The van der Waals surface area contributed by atoms with E-state index in [9.17, 15) is 0 Å². The Bertz CT molecular complexity index is 565. The average Bonchev–Trinajstić information content (AvgIpc) is 2.70. The number of benzene rings is 1. The lowest BCUT2D eigenvalue weighted by molar-refractivity contribution is 0.668. The number of hydrogen-bond acceptors (Lipinski definition) is 1. The van der Waals surface area contributed by atoms with Gasteiger partial charge in [-0.15, -0.1) is 0 Å². The molecule has 0 aliphatic carbocycles. The van der Waals surface area contributed by atoms with Crippen LogP contribution in [0.15, 0.2) is 18.2 Å². The number of rotatable bonds is 6. The van der Waals surface area contributed by atoms with Crippen LogP contribution in [0.1, 0.15) is 45.1 Å². The van der Waals surface area contributed by atoms with Crippen LogP contribution in [0, 0.1) is 4.77 Å². The SMILES string of the molecule is CCCCCCc1cccc2c1[nH]c(=S)n2CC. The molecule has 1 aromatic carbocycles. The quantitative estimate of drug-likeness (QED) is 0.583. The van der Waals surface area contributed by atoms with E-state index in [2.05, 4.69) is 41.6 Å². The molecule has 0 aliphatic rings. The molecule has 0 saturated heterocycles. The fourth-order valence-electron chi connectivity index (χ4n) is 2.50. The molecule has 0 aliphatic heterocycles. The number of para-hydroxylation sites is 1. The van der Waals surface area contributed by atoms with Gasteiger partial charge < -0.3 is 9.55 Å². The van der Waals surface area contributed by atoms with Gasteiger partial charge in [0.2, 0.25) is 0 Å². The van der Waals surface area contributed by atoms with E-state index in [1.54, 1.807) is 0 Å². The summed E-state index contributed by atoms with van der Waals surface area (Å²) in [6.07, 6.45) is 6.37. The first kappa shape index (κ1) is 13.3. The Hall–Kier alpha value is -1.09. The molecule has 98 valence electrons. The third-order valence-corrected chi connectivity index (χ3v) is 3.83. The maximum atomic E-state index is 5.37. The Morgan fingerprint density at radius 3 is 2.72 bits per heavy atom. The lowest BCUT2D eigenvalue weighted by atomic mass is 10.0. The van der Waals surface area contributed by atoms with Gasteiger partial charge in [-0.3, -0.25) is 0 Å². The van der Waals surface area contributed by atoms with Crippen LogP contribution >= 0.6 is 12.2 Å². The van der Waals surface area contributed by atoms with Crippen molar-refractivity contribution in [2.24, 2.45) is 0 Å². The molecule has 2 nitrogen and oxygen atoms in total. The van der Waals surface area contributed by atoms with E-state index in [-0.39, 0.29) is 0 Å². The average molecular weight is 262 g/mol. The summed E-state index contributed by atoms with van der Waals surface area (Å²) in [5.74, 6) is 0. The smallest absolute Gasteiger partial charge is 0.178 e.